The monoisotopic (exact) mass is 347 g/mol. The van der Waals surface area contributed by atoms with Crippen molar-refractivity contribution >= 4 is 6.03 Å². The molecular weight excluding hydrogens is 318 g/mol. The lowest BCUT2D eigenvalue weighted by atomic mass is 9.99. The lowest BCUT2D eigenvalue weighted by Crippen LogP contribution is -2.46. The Morgan fingerprint density at radius 3 is 2.92 bits per heavy atom. The summed E-state index contributed by atoms with van der Waals surface area (Å²) in [4.78, 5) is 18.4. The van der Waals surface area contributed by atoms with Crippen LogP contribution in [0.15, 0.2) is 24.4 Å². The standard InChI is InChI=1S/C19H29N3O3/c23-19(21-10-6-16-4-3-13-24-14-16)22-11-7-18(8-12-22)25-15-17-5-1-2-9-20-17/h1-2,5,9,16,18H,3-4,6-8,10-15H2,(H,21,23)/t16-/m1/s1. The number of likely N-dealkylation sites (tertiary alicyclic amines) is 1. The van der Waals surface area contributed by atoms with Crippen LogP contribution in [0.4, 0.5) is 4.79 Å². The summed E-state index contributed by atoms with van der Waals surface area (Å²) in [5.41, 5.74) is 0.953. The van der Waals surface area contributed by atoms with Gasteiger partial charge in [-0.3, -0.25) is 4.98 Å². The number of nitrogens with zero attached hydrogens (tertiary/aromatic N) is 2. The maximum atomic E-state index is 12.3. The molecule has 2 aliphatic heterocycles. The van der Waals surface area contributed by atoms with E-state index < -0.39 is 0 Å². The minimum Gasteiger partial charge on any atom is -0.381 e. The predicted octanol–water partition coefficient (Wildman–Crippen LogP) is 2.59. The number of rotatable bonds is 6. The van der Waals surface area contributed by atoms with E-state index in [0.29, 0.717) is 12.5 Å². The number of hydrogen-bond donors (Lipinski definition) is 1. The van der Waals surface area contributed by atoms with E-state index in [2.05, 4.69) is 10.3 Å². The van der Waals surface area contributed by atoms with Gasteiger partial charge in [0.15, 0.2) is 0 Å². The molecule has 2 amide bonds. The van der Waals surface area contributed by atoms with Crippen molar-refractivity contribution in [2.45, 2.75) is 44.8 Å². The molecule has 0 aliphatic carbocycles. The van der Waals surface area contributed by atoms with Crippen LogP contribution in [0, 0.1) is 5.92 Å². The van der Waals surface area contributed by atoms with Crippen molar-refractivity contribution in [3.8, 4) is 0 Å². The summed E-state index contributed by atoms with van der Waals surface area (Å²) in [5, 5.41) is 3.05. The fourth-order valence-corrected chi connectivity index (χ4v) is 3.44. The van der Waals surface area contributed by atoms with Gasteiger partial charge in [0.05, 0.1) is 18.4 Å². The van der Waals surface area contributed by atoms with Gasteiger partial charge in [-0.25, -0.2) is 4.79 Å². The van der Waals surface area contributed by atoms with Crippen molar-refractivity contribution < 1.29 is 14.3 Å². The van der Waals surface area contributed by atoms with Gasteiger partial charge in [0, 0.05) is 39.0 Å². The first kappa shape index (κ1) is 18.1. The molecule has 0 saturated carbocycles. The van der Waals surface area contributed by atoms with Gasteiger partial charge in [0.2, 0.25) is 0 Å². The van der Waals surface area contributed by atoms with Gasteiger partial charge in [-0.15, -0.1) is 0 Å². The highest BCUT2D eigenvalue weighted by molar-refractivity contribution is 5.74. The van der Waals surface area contributed by atoms with Crippen LogP contribution < -0.4 is 5.32 Å². The number of carbonyl (C=O) groups is 1. The number of urea groups is 1. The molecule has 25 heavy (non-hydrogen) atoms. The predicted molar refractivity (Wildman–Crippen MR) is 95.2 cm³/mol. The highest BCUT2D eigenvalue weighted by Crippen LogP contribution is 2.17. The topological polar surface area (TPSA) is 63.7 Å². The van der Waals surface area contributed by atoms with Gasteiger partial charge >= 0.3 is 6.03 Å². The van der Waals surface area contributed by atoms with Crippen molar-refractivity contribution in [2.75, 3.05) is 32.8 Å². The van der Waals surface area contributed by atoms with Crippen LogP contribution in [-0.2, 0) is 16.1 Å². The van der Waals surface area contributed by atoms with E-state index in [4.69, 9.17) is 9.47 Å². The van der Waals surface area contributed by atoms with Gasteiger partial charge in [-0.05, 0) is 50.2 Å². The molecule has 1 atom stereocenters. The number of pyridine rings is 1. The summed E-state index contributed by atoms with van der Waals surface area (Å²) in [6.45, 7) is 4.52. The van der Waals surface area contributed by atoms with E-state index in [-0.39, 0.29) is 12.1 Å². The van der Waals surface area contributed by atoms with Gasteiger partial charge in [0.1, 0.15) is 0 Å². The van der Waals surface area contributed by atoms with Crippen LogP contribution in [0.3, 0.4) is 0 Å². The third kappa shape index (κ3) is 5.97. The smallest absolute Gasteiger partial charge is 0.317 e. The summed E-state index contributed by atoms with van der Waals surface area (Å²) in [6.07, 6.45) is 7.14. The Hall–Kier alpha value is -1.66. The third-order valence-electron chi connectivity index (χ3n) is 5.01. The zero-order valence-corrected chi connectivity index (χ0v) is 14.9. The van der Waals surface area contributed by atoms with Crippen LogP contribution in [-0.4, -0.2) is 54.9 Å². The van der Waals surface area contributed by atoms with Crippen LogP contribution in [0.25, 0.3) is 0 Å². The molecule has 138 valence electrons. The summed E-state index contributed by atoms with van der Waals surface area (Å²) >= 11 is 0. The Bertz CT molecular complexity index is 512. The van der Waals surface area contributed by atoms with Crippen molar-refractivity contribution in [3.63, 3.8) is 0 Å². The Morgan fingerprint density at radius 1 is 1.32 bits per heavy atom. The van der Waals surface area contributed by atoms with E-state index in [1.54, 1.807) is 6.20 Å². The third-order valence-corrected chi connectivity index (χ3v) is 5.01. The Labute approximate surface area is 149 Å². The molecule has 2 aliphatic rings. The maximum absolute atomic E-state index is 12.3. The number of carbonyl (C=O) groups excluding carboxylic acids is 1. The molecule has 2 fully saturated rings. The fraction of sp³-hybridized carbons (Fsp3) is 0.684. The molecule has 1 aromatic rings. The minimum absolute atomic E-state index is 0.0555. The average Bonchev–Trinajstić information content (AvgIpc) is 2.68. The second-order valence-electron chi connectivity index (χ2n) is 6.92. The lowest BCUT2D eigenvalue weighted by molar-refractivity contribution is 0.00299. The summed E-state index contributed by atoms with van der Waals surface area (Å²) in [7, 11) is 0. The van der Waals surface area contributed by atoms with Crippen molar-refractivity contribution in [3.05, 3.63) is 30.1 Å². The Kier molecular flexibility index (Phi) is 7.06. The van der Waals surface area contributed by atoms with Crippen molar-refractivity contribution in [2.24, 2.45) is 5.92 Å². The molecule has 0 unspecified atom stereocenters. The first-order chi connectivity index (χ1) is 12.3. The Balaban J connectivity index is 1.29. The maximum Gasteiger partial charge on any atom is 0.317 e. The fourth-order valence-electron chi connectivity index (χ4n) is 3.44. The van der Waals surface area contributed by atoms with E-state index in [1.165, 1.54) is 6.42 Å². The van der Waals surface area contributed by atoms with E-state index >= 15 is 0 Å². The van der Waals surface area contributed by atoms with Crippen molar-refractivity contribution in [1.29, 1.82) is 0 Å². The molecule has 0 bridgehead atoms. The zero-order chi connectivity index (χ0) is 17.3. The van der Waals surface area contributed by atoms with Crippen LogP contribution in [0.1, 0.15) is 37.8 Å². The van der Waals surface area contributed by atoms with E-state index in [9.17, 15) is 4.79 Å². The zero-order valence-electron chi connectivity index (χ0n) is 14.9. The molecule has 6 heteroatoms. The second kappa shape index (κ2) is 9.73. The van der Waals surface area contributed by atoms with Gasteiger partial charge in [-0.2, -0.15) is 0 Å². The number of piperidine rings is 1. The largest absolute Gasteiger partial charge is 0.381 e. The summed E-state index contributed by atoms with van der Waals surface area (Å²) in [6, 6.07) is 5.90. The van der Waals surface area contributed by atoms with Crippen molar-refractivity contribution in [1.82, 2.24) is 15.2 Å². The number of hydrogen-bond acceptors (Lipinski definition) is 4. The summed E-state index contributed by atoms with van der Waals surface area (Å²) < 4.78 is 11.4. The molecule has 1 N–H and O–H groups in total. The number of amides is 2. The quantitative estimate of drug-likeness (QED) is 0.859. The highest BCUT2D eigenvalue weighted by Gasteiger charge is 2.23. The SMILES string of the molecule is O=C(NCC[C@H]1CCCOC1)N1CCC(OCc2ccccn2)CC1. The van der Waals surface area contributed by atoms with Gasteiger partial charge in [-0.1, -0.05) is 6.07 Å². The van der Waals surface area contributed by atoms with E-state index in [0.717, 1.165) is 64.2 Å². The molecule has 0 radical (unpaired) electrons. The molecule has 1 aromatic heterocycles. The minimum atomic E-state index is 0.0555. The van der Waals surface area contributed by atoms with Crippen LogP contribution in [0.2, 0.25) is 0 Å². The van der Waals surface area contributed by atoms with Gasteiger partial charge in [0.25, 0.3) is 0 Å². The highest BCUT2D eigenvalue weighted by atomic mass is 16.5. The molecule has 0 aromatic carbocycles. The first-order valence-corrected chi connectivity index (χ1v) is 9.43. The molecule has 0 spiro atoms. The Morgan fingerprint density at radius 2 is 2.20 bits per heavy atom. The first-order valence-electron chi connectivity index (χ1n) is 9.43. The lowest BCUT2D eigenvalue weighted by Gasteiger charge is -2.32. The van der Waals surface area contributed by atoms with Gasteiger partial charge < -0.3 is 19.7 Å². The molecule has 3 rings (SSSR count). The van der Waals surface area contributed by atoms with E-state index in [1.807, 2.05) is 23.1 Å². The normalized spacial score (nSPS) is 21.9. The van der Waals surface area contributed by atoms with Crippen LogP contribution in [0.5, 0.6) is 0 Å². The average molecular weight is 347 g/mol. The number of nitrogens with one attached hydrogen (secondary N) is 1. The second-order valence-corrected chi connectivity index (χ2v) is 6.92. The molecule has 3 heterocycles. The summed E-state index contributed by atoms with van der Waals surface area (Å²) in [5.74, 6) is 0.597. The number of aromatic nitrogens is 1. The van der Waals surface area contributed by atoms with Crippen LogP contribution >= 0.6 is 0 Å². The molecular formula is C19H29N3O3. The molecule has 2 saturated heterocycles. The molecule has 6 nitrogen and oxygen atoms in total. The number of ether oxygens (including phenoxy) is 2.